The van der Waals surface area contributed by atoms with E-state index in [1.165, 1.54) is 0 Å². The van der Waals surface area contributed by atoms with Gasteiger partial charge in [0, 0.05) is 26.7 Å². The van der Waals surface area contributed by atoms with E-state index in [4.69, 9.17) is 5.11 Å². The monoisotopic (exact) mass is 266 g/mol. The van der Waals surface area contributed by atoms with Gasteiger partial charge in [-0.2, -0.15) is 0 Å². The van der Waals surface area contributed by atoms with Crippen molar-refractivity contribution in [3.63, 3.8) is 0 Å². The molecule has 19 heavy (non-hydrogen) atoms. The molecule has 1 aromatic heterocycles. The smallest absolute Gasteiger partial charge is 0.323 e. The third-order valence-corrected chi connectivity index (χ3v) is 2.60. The van der Waals surface area contributed by atoms with Crippen molar-refractivity contribution in [2.75, 3.05) is 37.0 Å². The Bertz CT molecular complexity index is 448. The molecule has 6 nitrogen and oxygen atoms in total. The number of hydrogen-bond donors (Lipinski definition) is 1. The van der Waals surface area contributed by atoms with E-state index >= 15 is 0 Å². The molecule has 0 radical (unpaired) electrons. The molecule has 0 saturated heterocycles. The molecule has 0 amide bonds. The lowest BCUT2D eigenvalue weighted by Gasteiger charge is -2.23. The zero-order valence-corrected chi connectivity index (χ0v) is 12.2. The Morgan fingerprint density at radius 3 is 2.26 bits per heavy atom. The summed E-state index contributed by atoms with van der Waals surface area (Å²) in [4.78, 5) is 23.1. The Kier molecular flexibility index (Phi) is 5.09. The van der Waals surface area contributed by atoms with Gasteiger partial charge in [-0.1, -0.05) is 13.8 Å². The average Bonchev–Trinajstić information content (AvgIpc) is 2.26. The van der Waals surface area contributed by atoms with Crippen LogP contribution in [-0.4, -0.2) is 48.2 Å². The Morgan fingerprint density at radius 2 is 1.79 bits per heavy atom. The Morgan fingerprint density at radius 1 is 1.26 bits per heavy atom. The predicted molar refractivity (Wildman–Crippen MR) is 75.8 cm³/mol. The zero-order chi connectivity index (χ0) is 14.6. The van der Waals surface area contributed by atoms with Gasteiger partial charge in [0.2, 0.25) is 0 Å². The van der Waals surface area contributed by atoms with E-state index in [1.54, 1.807) is 11.9 Å². The molecule has 0 aliphatic heterocycles. The van der Waals surface area contributed by atoms with Crippen LogP contribution in [0.1, 0.15) is 19.7 Å². The van der Waals surface area contributed by atoms with Crippen LogP contribution in [0.4, 0.5) is 11.6 Å². The van der Waals surface area contributed by atoms with Crippen LogP contribution in [0.3, 0.4) is 0 Å². The normalized spacial score (nSPS) is 10.6. The molecule has 106 valence electrons. The second-order valence-electron chi connectivity index (χ2n) is 5.16. The predicted octanol–water partition coefficient (Wildman–Crippen LogP) is 1.40. The van der Waals surface area contributed by atoms with Crippen LogP contribution >= 0.6 is 0 Å². The first-order valence-electron chi connectivity index (χ1n) is 6.29. The van der Waals surface area contributed by atoms with E-state index in [2.05, 4.69) is 28.7 Å². The molecule has 0 fully saturated rings. The maximum absolute atomic E-state index is 10.7. The van der Waals surface area contributed by atoms with Gasteiger partial charge in [0.25, 0.3) is 0 Å². The number of aliphatic carboxylic acids is 1. The number of carboxylic acid groups (broad SMARTS) is 1. The van der Waals surface area contributed by atoms with Crippen LogP contribution < -0.4 is 9.80 Å². The van der Waals surface area contributed by atoms with Gasteiger partial charge >= 0.3 is 5.97 Å². The number of anilines is 2. The number of rotatable bonds is 6. The molecular formula is C13H22N4O2. The Hall–Kier alpha value is -1.85. The fourth-order valence-electron chi connectivity index (χ4n) is 1.85. The van der Waals surface area contributed by atoms with Crippen molar-refractivity contribution in [1.29, 1.82) is 0 Å². The fraction of sp³-hybridized carbons (Fsp3) is 0.615. The number of hydrogen-bond acceptors (Lipinski definition) is 5. The first-order valence-corrected chi connectivity index (χ1v) is 6.29. The summed E-state index contributed by atoms with van der Waals surface area (Å²) in [6, 6.07) is 1.82. The summed E-state index contributed by atoms with van der Waals surface area (Å²) in [6.07, 6.45) is 0. The molecule has 6 heteroatoms. The third kappa shape index (κ3) is 4.73. The summed E-state index contributed by atoms with van der Waals surface area (Å²) in [5, 5.41) is 8.82. The van der Waals surface area contributed by atoms with Gasteiger partial charge in [-0.3, -0.25) is 4.79 Å². The SMILES string of the molecule is Cc1nc(N(C)CC(=O)O)cc(N(C)CC(C)C)n1. The molecule has 1 N–H and O–H groups in total. The fourth-order valence-corrected chi connectivity index (χ4v) is 1.85. The van der Waals surface area contributed by atoms with Crippen molar-refractivity contribution in [1.82, 2.24) is 9.97 Å². The number of nitrogens with zero attached hydrogens (tertiary/aromatic N) is 4. The maximum Gasteiger partial charge on any atom is 0.323 e. The van der Waals surface area contributed by atoms with Crippen LogP contribution in [0.5, 0.6) is 0 Å². The number of likely N-dealkylation sites (N-methyl/N-ethyl adjacent to an activating group) is 1. The van der Waals surface area contributed by atoms with Gasteiger partial charge in [0.05, 0.1) is 0 Å². The molecule has 0 bridgehead atoms. The molecular weight excluding hydrogens is 244 g/mol. The van der Waals surface area contributed by atoms with Crippen molar-refractivity contribution in [3.05, 3.63) is 11.9 Å². The first kappa shape index (κ1) is 15.2. The lowest BCUT2D eigenvalue weighted by Crippen LogP contribution is -2.28. The summed E-state index contributed by atoms with van der Waals surface area (Å²) < 4.78 is 0. The second-order valence-corrected chi connectivity index (χ2v) is 5.16. The standard InChI is InChI=1S/C13H22N4O2/c1-9(2)7-16(4)11-6-12(15-10(3)14-11)17(5)8-13(18)19/h6,9H,7-8H2,1-5H3,(H,18,19). The van der Waals surface area contributed by atoms with Crippen molar-refractivity contribution >= 4 is 17.6 Å². The minimum Gasteiger partial charge on any atom is -0.480 e. The maximum atomic E-state index is 10.7. The van der Waals surface area contributed by atoms with E-state index < -0.39 is 5.97 Å². The van der Waals surface area contributed by atoms with Gasteiger partial charge in [-0.05, 0) is 12.8 Å². The van der Waals surface area contributed by atoms with E-state index in [-0.39, 0.29) is 6.54 Å². The van der Waals surface area contributed by atoms with Crippen LogP contribution in [-0.2, 0) is 4.79 Å². The van der Waals surface area contributed by atoms with E-state index in [0.717, 1.165) is 12.4 Å². The highest BCUT2D eigenvalue weighted by atomic mass is 16.4. The Labute approximate surface area is 114 Å². The lowest BCUT2D eigenvalue weighted by atomic mass is 10.2. The summed E-state index contributed by atoms with van der Waals surface area (Å²) >= 11 is 0. The summed E-state index contributed by atoms with van der Waals surface area (Å²) in [7, 11) is 3.69. The molecule has 1 heterocycles. The van der Waals surface area contributed by atoms with Crippen LogP contribution in [0.15, 0.2) is 6.07 Å². The highest BCUT2D eigenvalue weighted by molar-refractivity contribution is 5.73. The molecule has 0 aliphatic rings. The van der Waals surface area contributed by atoms with Crippen molar-refractivity contribution in [2.45, 2.75) is 20.8 Å². The third-order valence-electron chi connectivity index (χ3n) is 2.60. The highest BCUT2D eigenvalue weighted by Crippen LogP contribution is 2.18. The zero-order valence-electron chi connectivity index (χ0n) is 12.2. The molecule has 0 unspecified atom stereocenters. The first-order chi connectivity index (χ1) is 8.79. The van der Waals surface area contributed by atoms with Crippen molar-refractivity contribution < 1.29 is 9.90 Å². The highest BCUT2D eigenvalue weighted by Gasteiger charge is 2.12. The number of carbonyl (C=O) groups is 1. The molecule has 0 spiro atoms. The molecule has 0 atom stereocenters. The number of aromatic nitrogens is 2. The molecule has 0 aliphatic carbocycles. The van der Waals surface area contributed by atoms with Gasteiger partial charge < -0.3 is 14.9 Å². The molecule has 1 rings (SSSR count). The minimum atomic E-state index is -0.879. The summed E-state index contributed by atoms with van der Waals surface area (Å²) in [5.74, 6) is 1.73. The average molecular weight is 266 g/mol. The Balaban J connectivity index is 2.96. The number of aryl methyl sites for hydroxylation is 1. The van der Waals surface area contributed by atoms with Crippen LogP contribution in [0, 0.1) is 12.8 Å². The van der Waals surface area contributed by atoms with Crippen molar-refractivity contribution in [3.8, 4) is 0 Å². The van der Waals surface area contributed by atoms with Crippen LogP contribution in [0.25, 0.3) is 0 Å². The molecule has 0 aromatic carbocycles. The van der Waals surface area contributed by atoms with E-state index in [0.29, 0.717) is 17.6 Å². The molecule has 0 saturated carbocycles. The quantitative estimate of drug-likeness (QED) is 0.839. The summed E-state index contributed by atoms with van der Waals surface area (Å²) in [5.41, 5.74) is 0. The number of carboxylic acids is 1. The van der Waals surface area contributed by atoms with Gasteiger partial charge in [0.15, 0.2) is 0 Å². The van der Waals surface area contributed by atoms with Gasteiger partial charge in [-0.25, -0.2) is 9.97 Å². The van der Waals surface area contributed by atoms with Crippen molar-refractivity contribution in [2.24, 2.45) is 5.92 Å². The van der Waals surface area contributed by atoms with Crippen LogP contribution in [0.2, 0.25) is 0 Å². The van der Waals surface area contributed by atoms with Gasteiger partial charge in [-0.15, -0.1) is 0 Å². The second kappa shape index (κ2) is 6.36. The van der Waals surface area contributed by atoms with E-state index in [9.17, 15) is 4.79 Å². The van der Waals surface area contributed by atoms with E-state index in [1.807, 2.05) is 20.0 Å². The lowest BCUT2D eigenvalue weighted by molar-refractivity contribution is -0.135. The van der Waals surface area contributed by atoms with Gasteiger partial charge in [0.1, 0.15) is 24.0 Å². The topological polar surface area (TPSA) is 69.6 Å². The minimum absolute atomic E-state index is 0.0796. The largest absolute Gasteiger partial charge is 0.480 e. The molecule has 1 aromatic rings. The summed E-state index contributed by atoms with van der Waals surface area (Å²) in [6.45, 7) is 6.90.